The first-order valence-corrected chi connectivity index (χ1v) is 10.1. The van der Waals surface area contributed by atoms with Crippen LogP contribution in [0, 0.1) is 5.92 Å². The summed E-state index contributed by atoms with van der Waals surface area (Å²) < 4.78 is 5.45. The Hall–Kier alpha value is -0.790. The molecule has 0 bridgehead atoms. The molecule has 0 aromatic carbocycles. The predicted octanol–water partition coefficient (Wildman–Crippen LogP) is 6.70. The normalized spacial score (nSPS) is 17.9. The molecule has 0 radical (unpaired) electrons. The van der Waals surface area contributed by atoms with Crippen LogP contribution in [0.3, 0.4) is 0 Å². The summed E-state index contributed by atoms with van der Waals surface area (Å²) in [6.07, 6.45) is 21.0. The van der Waals surface area contributed by atoms with Gasteiger partial charge in [0, 0.05) is 0 Å². The third-order valence-electron chi connectivity index (χ3n) is 4.48. The Morgan fingerprint density at radius 1 is 0.957 bits per heavy atom. The van der Waals surface area contributed by atoms with Crippen molar-refractivity contribution in [3.05, 3.63) is 12.2 Å². The van der Waals surface area contributed by atoms with Gasteiger partial charge in [-0.1, -0.05) is 84.1 Å². The van der Waals surface area contributed by atoms with Gasteiger partial charge in [0.05, 0.1) is 6.04 Å². The summed E-state index contributed by atoms with van der Waals surface area (Å²) in [5.41, 5.74) is 0. The van der Waals surface area contributed by atoms with E-state index in [0.29, 0.717) is 6.04 Å². The fourth-order valence-corrected chi connectivity index (χ4v) is 3.00. The van der Waals surface area contributed by atoms with Crippen molar-refractivity contribution >= 4 is 5.90 Å². The minimum Gasteiger partial charge on any atom is -0.476 e. The van der Waals surface area contributed by atoms with Gasteiger partial charge in [-0.15, -0.1) is 0 Å². The number of rotatable bonds is 14. The minimum atomic E-state index is 0.338. The van der Waals surface area contributed by atoms with E-state index in [1.165, 1.54) is 70.6 Å². The van der Waals surface area contributed by atoms with Crippen molar-refractivity contribution in [3.63, 3.8) is 0 Å². The van der Waals surface area contributed by atoms with E-state index in [1.54, 1.807) is 0 Å². The highest BCUT2D eigenvalue weighted by Gasteiger charge is 2.10. The van der Waals surface area contributed by atoms with E-state index < -0.39 is 0 Å². The average Bonchev–Trinajstić information content (AvgIpc) is 2.93. The molecule has 1 aliphatic rings. The smallest absolute Gasteiger partial charge is 0.208 e. The Morgan fingerprint density at radius 3 is 2.04 bits per heavy atom. The van der Waals surface area contributed by atoms with Gasteiger partial charge in [0.2, 0.25) is 5.90 Å². The van der Waals surface area contributed by atoms with Crippen molar-refractivity contribution in [2.75, 3.05) is 6.61 Å². The van der Waals surface area contributed by atoms with Crippen LogP contribution in [0.25, 0.3) is 0 Å². The van der Waals surface area contributed by atoms with Crippen LogP contribution in [-0.4, -0.2) is 18.5 Å². The zero-order valence-electron chi connectivity index (χ0n) is 15.9. The van der Waals surface area contributed by atoms with Gasteiger partial charge in [-0.05, 0) is 31.8 Å². The van der Waals surface area contributed by atoms with Crippen molar-refractivity contribution in [1.29, 1.82) is 0 Å². The predicted molar refractivity (Wildman–Crippen MR) is 102 cm³/mol. The zero-order chi connectivity index (χ0) is 16.8. The third kappa shape index (κ3) is 12.3. The molecule has 23 heavy (non-hydrogen) atoms. The van der Waals surface area contributed by atoms with Crippen molar-refractivity contribution in [2.24, 2.45) is 10.9 Å². The molecule has 0 aromatic rings. The van der Waals surface area contributed by atoms with Crippen LogP contribution in [0.2, 0.25) is 0 Å². The second-order valence-electron chi connectivity index (χ2n) is 7.54. The summed E-state index contributed by atoms with van der Waals surface area (Å²) in [4.78, 5) is 4.40. The number of aliphatic imine (C=N–C) groups is 1. The molecular weight excluding hydrogens is 282 g/mol. The Kier molecular flexibility index (Phi) is 12.0. The monoisotopic (exact) mass is 321 g/mol. The van der Waals surface area contributed by atoms with Gasteiger partial charge < -0.3 is 4.74 Å². The maximum atomic E-state index is 5.45. The highest BCUT2D eigenvalue weighted by molar-refractivity contribution is 5.88. The van der Waals surface area contributed by atoms with Crippen LogP contribution in [0.5, 0.6) is 0 Å². The summed E-state index contributed by atoms with van der Waals surface area (Å²) in [6, 6.07) is 0.338. The van der Waals surface area contributed by atoms with E-state index in [9.17, 15) is 0 Å². The zero-order valence-corrected chi connectivity index (χ0v) is 15.9. The van der Waals surface area contributed by atoms with Gasteiger partial charge in [0.25, 0.3) is 0 Å². The number of nitrogens with zero attached hydrogens (tertiary/aromatic N) is 1. The molecule has 0 saturated heterocycles. The molecule has 0 saturated carbocycles. The first-order chi connectivity index (χ1) is 11.2. The summed E-state index contributed by atoms with van der Waals surface area (Å²) >= 11 is 0. The van der Waals surface area contributed by atoms with Crippen LogP contribution >= 0.6 is 0 Å². The quantitative estimate of drug-likeness (QED) is 0.326. The fraction of sp³-hybridized carbons (Fsp3) is 0.857. The first-order valence-electron chi connectivity index (χ1n) is 10.1. The van der Waals surface area contributed by atoms with E-state index in [0.717, 1.165) is 24.8 Å². The number of hydrogen-bond donors (Lipinski definition) is 0. The third-order valence-corrected chi connectivity index (χ3v) is 4.48. The largest absolute Gasteiger partial charge is 0.476 e. The van der Waals surface area contributed by atoms with E-state index in [2.05, 4.69) is 31.8 Å². The van der Waals surface area contributed by atoms with Gasteiger partial charge in [-0.3, -0.25) is 0 Å². The van der Waals surface area contributed by atoms with Gasteiger partial charge in [-0.25, -0.2) is 4.99 Å². The summed E-state index contributed by atoms with van der Waals surface area (Å²) in [5, 5.41) is 0. The van der Waals surface area contributed by atoms with Crippen molar-refractivity contribution in [3.8, 4) is 0 Å². The number of allylic oxidation sites excluding steroid dienone is 1. The molecule has 0 aliphatic carbocycles. The van der Waals surface area contributed by atoms with Gasteiger partial charge >= 0.3 is 0 Å². The van der Waals surface area contributed by atoms with Crippen LogP contribution in [-0.2, 0) is 4.74 Å². The van der Waals surface area contributed by atoms with Crippen molar-refractivity contribution in [2.45, 2.75) is 104 Å². The molecule has 0 spiro atoms. The molecular formula is C21H39NO. The molecule has 0 fully saturated rings. The molecule has 0 N–H and O–H groups in total. The van der Waals surface area contributed by atoms with Crippen LogP contribution in [0.4, 0.5) is 0 Å². The van der Waals surface area contributed by atoms with E-state index in [1.807, 2.05) is 6.08 Å². The molecule has 2 heteroatoms. The number of hydrogen-bond acceptors (Lipinski definition) is 2. The molecule has 0 aromatic heterocycles. The van der Waals surface area contributed by atoms with E-state index in [4.69, 9.17) is 4.74 Å². The van der Waals surface area contributed by atoms with Crippen LogP contribution in [0.15, 0.2) is 17.1 Å². The van der Waals surface area contributed by atoms with Crippen LogP contribution in [0.1, 0.15) is 97.8 Å². The maximum absolute atomic E-state index is 5.45. The second-order valence-corrected chi connectivity index (χ2v) is 7.54. The Labute approximate surface area is 144 Å². The highest BCUT2D eigenvalue weighted by Crippen LogP contribution is 2.14. The Morgan fingerprint density at radius 2 is 1.52 bits per heavy atom. The Bertz CT molecular complexity index is 333. The minimum absolute atomic E-state index is 0.338. The molecule has 1 heterocycles. The lowest BCUT2D eigenvalue weighted by atomic mass is 10.0. The number of unbranched alkanes of at least 4 members (excludes halogenated alkanes) is 10. The lowest BCUT2D eigenvalue weighted by Crippen LogP contribution is -1.98. The van der Waals surface area contributed by atoms with Gasteiger partial charge in [0.1, 0.15) is 6.61 Å². The SMILES string of the molecule is CC(C)CCCCCCCCCCCCC=CC1=NC(C)CO1. The standard InChI is InChI=1S/C21H39NO/c1-19(2)16-14-12-10-8-6-4-5-7-9-11-13-15-17-21-22-20(3)18-23-21/h15,17,19-20H,4-14,16,18H2,1-3H3. The second kappa shape index (κ2) is 13.6. The molecule has 134 valence electrons. The summed E-state index contributed by atoms with van der Waals surface area (Å²) in [6.45, 7) is 7.49. The maximum Gasteiger partial charge on any atom is 0.208 e. The van der Waals surface area contributed by atoms with Crippen molar-refractivity contribution in [1.82, 2.24) is 0 Å². The molecule has 1 rings (SSSR count). The van der Waals surface area contributed by atoms with Crippen molar-refractivity contribution < 1.29 is 4.74 Å². The Balaban J connectivity index is 1.76. The molecule has 1 atom stereocenters. The number of ether oxygens (including phenoxy) is 1. The van der Waals surface area contributed by atoms with E-state index >= 15 is 0 Å². The van der Waals surface area contributed by atoms with Gasteiger partial charge in [0.15, 0.2) is 0 Å². The van der Waals surface area contributed by atoms with E-state index in [-0.39, 0.29) is 0 Å². The van der Waals surface area contributed by atoms with Crippen LogP contribution < -0.4 is 0 Å². The lowest BCUT2D eigenvalue weighted by Gasteiger charge is -2.04. The molecule has 0 amide bonds. The summed E-state index contributed by atoms with van der Waals surface area (Å²) in [7, 11) is 0. The summed E-state index contributed by atoms with van der Waals surface area (Å²) in [5.74, 6) is 1.71. The lowest BCUT2D eigenvalue weighted by molar-refractivity contribution is 0.325. The fourth-order valence-electron chi connectivity index (χ4n) is 3.00. The van der Waals surface area contributed by atoms with Gasteiger partial charge in [-0.2, -0.15) is 0 Å². The molecule has 1 aliphatic heterocycles. The molecule has 1 unspecified atom stereocenters. The average molecular weight is 322 g/mol. The highest BCUT2D eigenvalue weighted by atomic mass is 16.5. The molecule has 2 nitrogen and oxygen atoms in total. The first kappa shape index (κ1) is 20.3. The topological polar surface area (TPSA) is 21.6 Å².